The number of ether oxygens (including phenoxy) is 1. The molecule has 4 rings (SSSR count). The third kappa shape index (κ3) is 5.20. The number of carbonyl (C=O) groups excluding carboxylic acids is 1. The fraction of sp³-hybridized carbons (Fsp3) is 0.167. The largest absolute Gasteiger partial charge is 0.456 e. The first-order valence-electron chi connectivity index (χ1n) is 10.4. The van der Waals surface area contributed by atoms with Crippen molar-refractivity contribution in [2.45, 2.75) is 31.3 Å². The number of fused-ring (bicyclic) bond motifs is 2. The number of benzene rings is 3. The van der Waals surface area contributed by atoms with Crippen LogP contribution in [0.1, 0.15) is 20.8 Å². The predicted molar refractivity (Wildman–Crippen MR) is 128 cm³/mol. The highest BCUT2D eigenvalue weighted by Gasteiger charge is 2.23. The third-order valence-corrected chi connectivity index (χ3v) is 5.84. The second-order valence-corrected chi connectivity index (χ2v) is 10.0. The molecule has 1 aliphatic heterocycles. The molecule has 0 unspecified atom stereocenters. The topological polar surface area (TPSA) is 154 Å². The molecule has 1 aliphatic carbocycles. The number of nitrogens with zero attached hydrogens (tertiary/aromatic N) is 2. The maximum Gasteiger partial charge on any atom is 0.428 e. The molecule has 35 heavy (non-hydrogen) atoms. The third-order valence-electron chi connectivity index (χ3n) is 4.93. The Hall–Kier alpha value is -4.09. The van der Waals surface area contributed by atoms with Crippen molar-refractivity contribution < 1.29 is 26.9 Å². The molecule has 0 atom stereocenters. The Balaban J connectivity index is 1.97. The van der Waals surface area contributed by atoms with E-state index in [-0.39, 0.29) is 10.5 Å². The maximum absolute atomic E-state index is 12.1. The number of hydrogen-bond donors (Lipinski definition) is 3. The smallest absolute Gasteiger partial charge is 0.428 e. The van der Waals surface area contributed by atoms with Crippen molar-refractivity contribution in [2.24, 2.45) is 10.2 Å². The van der Waals surface area contributed by atoms with Gasteiger partial charge in [-0.15, -0.1) is 0 Å². The van der Waals surface area contributed by atoms with Crippen LogP contribution in [0.4, 0.5) is 10.5 Å². The highest BCUT2D eigenvalue weighted by atomic mass is 32.2. The van der Waals surface area contributed by atoms with Gasteiger partial charge in [0.15, 0.2) is 0 Å². The Kier molecular flexibility index (Phi) is 6.14. The van der Waals surface area contributed by atoms with Gasteiger partial charge in [-0.2, -0.15) is 18.6 Å². The number of hydrogen-bond acceptors (Lipinski definition) is 8. The van der Waals surface area contributed by atoms with Gasteiger partial charge >= 0.3 is 6.09 Å². The van der Waals surface area contributed by atoms with Crippen LogP contribution in [0.2, 0.25) is 0 Å². The molecule has 11 heteroatoms. The summed E-state index contributed by atoms with van der Waals surface area (Å²) in [6.07, 6.45) is -0.725. The summed E-state index contributed by atoms with van der Waals surface area (Å²) < 4.78 is 45.3. The molecule has 180 valence electrons. The van der Waals surface area contributed by atoms with Crippen molar-refractivity contribution >= 4 is 32.9 Å². The van der Waals surface area contributed by atoms with Gasteiger partial charge in [-0.1, -0.05) is 18.2 Å². The van der Waals surface area contributed by atoms with E-state index < -0.39 is 21.8 Å². The summed E-state index contributed by atoms with van der Waals surface area (Å²) in [6.45, 7) is 5.20. The fourth-order valence-corrected chi connectivity index (χ4v) is 4.30. The van der Waals surface area contributed by atoms with E-state index in [1.807, 2.05) is 0 Å². The SMILES string of the molecule is CC(C)(C)OC(=O)N/N=c1\ccc2c(-c3ccccc3S(=O)(=O)O)c3ccc(N=N)cc3oc-2c1. The molecule has 1 amide bonds. The molecule has 0 aromatic heterocycles. The fourth-order valence-electron chi connectivity index (χ4n) is 3.61. The molecular weight excluding hydrogens is 472 g/mol. The van der Waals surface area contributed by atoms with Crippen LogP contribution in [-0.2, 0) is 14.9 Å². The molecule has 0 bridgehead atoms. The number of rotatable bonds is 4. The van der Waals surface area contributed by atoms with Gasteiger partial charge in [-0.3, -0.25) is 4.55 Å². The number of amides is 1. The average molecular weight is 495 g/mol. The molecule has 1 heterocycles. The minimum absolute atomic E-state index is 0.261. The summed E-state index contributed by atoms with van der Waals surface area (Å²) in [6, 6.07) is 15.8. The van der Waals surface area contributed by atoms with Crippen molar-refractivity contribution in [1.82, 2.24) is 5.43 Å². The molecule has 0 saturated heterocycles. The van der Waals surface area contributed by atoms with Crippen molar-refractivity contribution in [3.63, 3.8) is 0 Å². The molecule has 0 saturated carbocycles. The zero-order valence-corrected chi connectivity index (χ0v) is 19.9. The summed E-state index contributed by atoms with van der Waals surface area (Å²) in [5, 5.41) is 8.38. The van der Waals surface area contributed by atoms with Gasteiger partial charge in [0.05, 0.1) is 11.0 Å². The van der Waals surface area contributed by atoms with Gasteiger partial charge in [0, 0.05) is 34.2 Å². The van der Waals surface area contributed by atoms with Gasteiger partial charge in [-0.25, -0.2) is 15.8 Å². The molecule has 0 spiro atoms. The highest BCUT2D eigenvalue weighted by molar-refractivity contribution is 7.86. The van der Waals surface area contributed by atoms with Crippen LogP contribution in [0.5, 0.6) is 0 Å². The summed E-state index contributed by atoms with van der Waals surface area (Å²) >= 11 is 0. The van der Waals surface area contributed by atoms with Gasteiger partial charge < -0.3 is 9.15 Å². The summed E-state index contributed by atoms with van der Waals surface area (Å²) in [5.74, 6) is 0.326. The van der Waals surface area contributed by atoms with Gasteiger partial charge in [-0.05, 0) is 51.1 Å². The predicted octanol–water partition coefficient (Wildman–Crippen LogP) is 5.45. The lowest BCUT2D eigenvalue weighted by atomic mass is 9.93. The van der Waals surface area contributed by atoms with Crippen LogP contribution >= 0.6 is 0 Å². The minimum atomic E-state index is -4.53. The normalized spacial score (nSPS) is 12.6. The van der Waals surface area contributed by atoms with Gasteiger partial charge in [0.1, 0.15) is 21.8 Å². The van der Waals surface area contributed by atoms with Crippen LogP contribution in [0.25, 0.3) is 33.4 Å². The second-order valence-electron chi connectivity index (χ2n) is 8.65. The van der Waals surface area contributed by atoms with Crippen molar-refractivity contribution in [3.05, 3.63) is 66.0 Å². The molecular formula is C24H22N4O6S. The lowest BCUT2D eigenvalue weighted by Gasteiger charge is -2.18. The monoisotopic (exact) mass is 494 g/mol. The molecule has 3 N–H and O–H groups in total. The average Bonchev–Trinajstić information content (AvgIpc) is 2.79. The number of nitrogens with one attached hydrogen (secondary N) is 2. The van der Waals surface area contributed by atoms with Crippen LogP contribution < -0.4 is 10.8 Å². The van der Waals surface area contributed by atoms with E-state index in [1.54, 1.807) is 69.3 Å². The van der Waals surface area contributed by atoms with Crippen molar-refractivity contribution in [3.8, 4) is 22.5 Å². The second kappa shape index (κ2) is 8.93. The first kappa shape index (κ1) is 24.0. The van der Waals surface area contributed by atoms with E-state index in [0.717, 1.165) is 0 Å². The van der Waals surface area contributed by atoms with E-state index in [9.17, 15) is 17.8 Å². The lowest BCUT2D eigenvalue weighted by molar-refractivity contribution is 0.0526. The molecule has 2 aromatic carbocycles. The first-order valence-corrected chi connectivity index (χ1v) is 11.9. The Labute approximate surface area is 200 Å². The van der Waals surface area contributed by atoms with E-state index in [1.165, 1.54) is 12.1 Å². The van der Waals surface area contributed by atoms with E-state index in [2.05, 4.69) is 15.6 Å². The Morgan fingerprint density at radius 1 is 1.06 bits per heavy atom. The van der Waals surface area contributed by atoms with Crippen molar-refractivity contribution in [1.29, 1.82) is 5.53 Å². The van der Waals surface area contributed by atoms with Crippen LogP contribution in [-0.4, -0.2) is 24.7 Å². The van der Waals surface area contributed by atoms with E-state index in [0.29, 0.717) is 38.9 Å². The van der Waals surface area contributed by atoms with Gasteiger partial charge in [0.2, 0.25) is 0 Å². The minimum Gasteiger partial charge on any atom is -0.456 e. The summed E-state index contributed by atoms with van der Waals surface area (Å²) in [7, 11) is -4.53. The standard InChI is InChI=1S/C24H22N4O6S/c1-24(2,3)34-23(29)28-27-15-9-11-17-20(13-15)33-19-12-14(26-25)8-10-16(19)22(17)18-6-4-5-7-21(18)35(30,31)32/h4-13,25H,1-3H3,(H,28,29)(H,30,31,32)/b26-25?,27-15+. The molecule has 2 aromatic rings. The zero-order valence-electron chi connectivity index (χ0n) is 19.1. The summed E-state index contributed by atoms with van der Waals surface area (Å²) in [5.41, 5.74) is 10.9. The lowest BCUT2D eigenvalue weighted by Crippen LogP contribution is -2.30. The van der Waals surface area contributed by atoms with Crippen molar-refractivity contribution in [2.75, 3.05) is 0 Å². The van der Waals surface area contributed by atoms with Crippen LogP contribution in [0, 0.1) is 5.53 Å². The van der Waals surface area contributed by atoms with Gasteiger partial charge in [0.25, 0.3) is 10.1 Å². The van der Waals surface area contributed by atoms with E-state index in [4.69, 9.17) is 14.7 Å². The highest BCUT2D eigenvalue weighted by Crippen LogP contribution is 2.42. The van der Waals surface area contributed by atoms with E-state index >= 15 is 0 Å². The Morgan fingerprint density at radius 3 is 2.49 bits per heavy atom. The van der Waals surface area contributed by atoms with Crippen LogP contribution in [0.15, 0.2) is 80.2 Å². The maximum atomic E-state index is 12.1. The Morgan fingerprint density at radius 2 is 1.80 bits per heavy atom. The Bertz CT molecular complexity index is 1600. The molecule has 0 radical (unpaired) electrons. The zero-order chi connectivity index (χ0) is 25.4. The summed E-state index contributed by atoms with van der Waals surface area (Å²) in [4.78, 5) is 11.7. The van der Waals surface area contributed by atoms with Crippen LogP contribution in [0.3, 0.4) is 0 Å². The molecule has 0 fully saturated rings. The number of carbonyl (C=O) groups is 1. The molecule has 10 nitrogen and oxygen atoms in total. The quantitative estimate of drug-likeness (QED) is 0.148. The molecule has 2 aliphatic rings. The first-order chi connectivity index (χ1) is 16.5.